The van der Waals surface area contributed by atoms with E-state index in [0.29, 0.717) is 11.2 Å². The van der Waals surface area contributed by atoms with Crippen molar-refractivity contribution in [3.05, 3.63) is 12.3 Å². The van der Waals surface area contributed by atoms with Crippen LogP contribution in [0.4, 0.5) is 0 Å². The monoisotopic (exact) mass is 600 g/mol. The molecule has 1 aliphatic carbocycles. The summed E-state index contributed by atoms with van der Waals surface area (Å²) < 4.78 is 6.18. The van der Waals surface area contributed by atoms with Crippen molar-refractivity contribution in [1.29, 1.82) is 0 Å². The van der Waals surface area contributed by atoms with E-state index in [0.717, 1.165) is 45.3 Å². The maximum absolute atomic E-state index is 6.18. The van der Waals surface area contributed by atoms with Gasteiger partial charge < -0.3 is 15.0 Å². The van der Waals surface area contributed by atoms with Crippen molar-refractivity contribution in [2.75, 3.05) is 84.4 Å². The molecule has 1 N–H and O–H groups in total. The molecule has 0 radical (unpaired) electrons. The van der Waals surface area contributed by atoms with Gasteiger partial charge in [0.2, 0.25) is 0 Å². The number of thioether (sulfide) groups is 1. The minimum absolute atomic E-state index is 0.0342. The first kappa shape index (κ1) is 30.3. The van der Waals surface area contributed by atoms with E-state index in [-0.39, 0.29) is 11.3 Å². The number of hydrazine groups is 1. The Kier molecular flexibility index (Phi) is 10.1. The zero-order valence-corrected chi connectivity index (χ0v) is 27.3. The second kappa shape index (κ2) is 14.0. The van der Waals surface area contributed by atoms with E-state index in [2.05, 4.69) is 54.1 Å². The molecular weight excluding hydrogens is 540 g/mol. The first-order chi connectivity index (χ1) is 20.9. The molecule has 0 bridgehead atoms. The van der Waals surface area contributed by atoms with E-state index in [1.807, 2.05) is 0 Å². The average Bonchev–Trinajstić information content (AvgIpc) is 3.71. The lowest BCUT2D eigenvalue weighted by Crippen LogP contribution is -2.89. The second-order valence-electron chi connectivity index (χ2n) is 14.3. The third-order valence-electron chi connectivity index (χ3n) is 12.2. The van der Waals surface area contributed by atoms with Crippen LogP contribution in [0, 0.1) is 11.8 Å². The molecule has 42 heavy (non-hydrogen) atoms. The molecule has 7 nitrogen and oxygen atoms in total. The normalized spacial score (nSPS) is 39.5. The molecule has 8 heteroatoms. The number of hydrogen-bond donors (Lipinski definition) is 1. The van der Waals surface area contributed by atoms with Crippen LogP contribution in [0.15, 0.2) is 12.3 Å². The highest BCUT2D eigenvalue weighted by Crippen LogP contribution is 2.58. The molecular formula is C34H60N6OS. The number of hydrogen-bond acceptors (Lipinski definition) is 8. The predicted molar refractivity (Wildman–Crippen MR) is 174 cm³/mol. The topological polar surface area (TPSA) is 37.5 Å². The number of rotatable bonds is 6. The summed E-state index contributed by atoms with van der Waals surface area (Å²) in [5.74, 6) is 2.74. The molecule has 0 aromatic heterocycles. The average molecular weight is 601 g/mol. The Balaban J connectivity index is 1.50. The summed E-state index contributed by atoms with van der Waals surface area (Å²) in [5, 5.41) is 10.5. The van der Waals surface area contributed by atoms with Crippen molar-refractivity contribution < 1.29 is 4.74 Å². The van der Waals surface area contributed by atoms with Crippen LogP contribution >= 0.6 is 11.8 Å². The second-order valence-corrected chi connectivity index (χ2v) is 15.6. The Morgan fingerprint density at radius 2 is 1.40 bits per heavy atom. The largest absolute Gasteiger partial charge is 0.379 e. The minimum Gasteiger partial charge on any atom is -0.379 e. The molecule has 7 aliphatic rings. The van der Waals surface area contributed by atoms with Crippen LogP contribution in [-0.4, -0.2) is 126 Å². The fourth-order valence-electron chi connectivity index (χ4n) is 10.7. The summed E-state index contributed by atoms with van der Waals surface area (Å²) in [6, 6.07) is 0. The number of ether oxygens (including phenoxy) is 1. The molecule has 238 valence electrons. The van der Waals surface area contributed by atoms with E-state index in [1.165, 1.54) is 135 Å². The van der Waals surface area contributed by atoms with Crippen molar-refractivity contribution >= 4 is 11.8 Å². The molecule has 1 saturated carbocycles. The predicted octanol–water partition coefficient (Wildman–Crippen LogP) is 4.81. The number of likely N-dealkylation sites (tertiary alicyclic amines) is 1. The molecule has 4 atom stereocenters. The summed E-state index contributed by atoms with van der Waals surface area (Å²) in [6.07, 6.45) is 24.5. The third-order valence-corrected chi connectivity index (χ3v) is 13.5. The molecule has 6 fully saturated rings. The van der Waals surface area contributed by atoms with E-state index in [4.69, 9.17) is 4.74 Å². The first-order valence-electron chi connectivity index (χ1n) is 18.2. The summed E-state index contributed by atoms with van der Waals surface area (Å²) >= 11 is 2.32. The van der Waals surface area contributed by atoms with Gasteiger partial charge in [-0.3, -0.25) is 9.80 Å². The Morgan fingerprint density at radius 3 is 2.10 bits per heavy atom. The lowest BCUT2D eigenvalue weighted by molar-refractivity contribution is -0.291. The molecule has 0 aromatic carbocycles. The van der Waals surface area contributed by atoms with Crippen LogP contribution in [0.3, 0.4) is 0 Å². The van der Waals surface area contributed by atoms with Crippen molar-refractivity contribution in [3.8, 4) is 0 Å². The highest BCUT2D eigenvalue weighted by molar-refractivity contribution is 8.00. The Morgan fingerprint density at radius 1 is 0.690 bits per heavy atom. The van der Waals surface area contributed by atoms with E-state index >= 15 is 0 Å². The zero-order valence-electron chi connectivity index (χ0n) is 26.5. The van der Waals surface area contributed by atoms with Crippen LogP contribution in [0.5, 0.6) is 0 Å². The van der Waals surface area contributed by atoms with Gasteiger partial charge in [0.25, 0.3) is 0 Å². The van der Waals surface area contributed by atoms with Crippen LogP contribution in [0.2, 0.25) is 0 Å². The molecule has 0 aromatic rings. The van der Waals surface area contributed by atoms with E-state index in [9.17, 15) is 0 Å². The van der Waals surface area contributed by atoms with Gasteiger partial charge in [-0.15, -0.1) is 0 Å². The maximum atomic E-state index is 6.18. The van der Waals surface area contributed by atoms with Crippen molar-refractivity contribution in [2.24, 2.45) is 11.8 Å². The first-order valence-corrected chi connectivity index (χ1v) is 19.3. The molecule has 0 amide bonds. The zero-order chi connectivity index (χ0) is 28.2. The van der Waals surface area contributed by atoms with Gasteiger partial charge >= 0.3 is 0 Å². The SMILES string of the molecule is C1=CN(C2(N3CCCC3)C(C3CCCCCC3)CCCN(N3CCCCC3)C2(C2CNCCS2)N2CCOCC2)CC1. The number of nitrogens with one attached hydrogen (secondary N) is 1. The van der Waals surface area contributed by atoms with Gasteiger partial charge in [-0.1, -0.05) is 51.0 Å². The highest BCUT2D eigenvalue weighted by atomic mass is 32.2. The smallest absolute Gasteiger partial charge is 0.138 e. The lowest BCUT2D eigenvalue weighted by Gasteiger charge is -2.71. The van der Waals surface area contributed by atoms with Gasteiger partial charge in [-0.2, -0.15) is 11.8 Å². The lowest BCUT2D eigenvalue weighted by atomic mass is 9.66. The van der Waals surface area contributed by atoms with Crippen LogP contribution < -0.4 is 5.32 Å². The number of piperidine rings is 1. The van der Waals surface area contributed by atoms with Gasteiger partial charge in [0.1, 0.15) is 11.3 Å². The molecule has 7 rings (SSSR count). The van der Waals surface area contributed by atoms with Gasteiger partial charge in [-0.25, -0.2) is 10.0 Å². The third kappa shape index (κ3) is 5.31. The molecule has 0 spiro atoms. The Bertz CT molecular complexity index is 855. The molecule has 5 saturated heterocycles. The number of nitrogens with zero attached hydrogens (tertiary/aromatic N) is 5. The quantitative estimate of drug-likeness (QED) is 0.436. The maximum Gasteiger partial charge on any atom is 0.138 e. The standard InChI is InChI=1S/C34H60N6OS/c1-2-5-14-30(13-4-1)31-15-12-23-40(39-21-6-3-7-22-39)34(32-29-35-16-28-42-32,38-24-26-41-27-25-38)33(31,36-17-8-9-18-36)37-19-10-11-20-37/h8,17,30-32,35H,1-7,9-16,18-29H2. The van der Waals surface area contributed by atoms with Crippen molar-refractivity contribution in [1.82, 2.24) is 30.0 Å². The van der Waals surface area contributed by atoms with E-state index < -0.39 is 0 Å². The van der Waals surface area contributed by atoms with Gasteiger partial charge in [0, 0.05) is 77.1 Å². The molecule has 6 aliphatic heterocycles. The Hall–Kier alpha value is -0.350. The highest BCUT2D eigenvalue weighted by Gasteiger charge is 2.72. The van der Waals surface area contributed by atoms with Crippen molar-refractivity contribution in [2.45, 2.75) is 106 Å². The molecule has 4 unspecified atom stereocenters. The van der Waals surface area contributed by atoms with Crippen LogP contribution in [-0.2, 0) is 4.74 Å². The van der Waals surface area contributed by atoms with Crippen LogP contribution in [0.25, 0.3) is 0 Å². The summed E-state index contributed by atoms with van der Waals surface area (Å²) in [5.41, 5.74) is -0.133. The fourth-order valence-corrected chi connectivity index (χ4v) is 12.1. The minimum atomic E-state index is -0.0985. The summed E-state index contributed by atoms with van der Waals surface area (Å²) in [4.78, 5) is 9.18. The van der Waals surface area contributed by atoms with Crippen LogP contribution in [0.1, 0.15) is 89.9 Å². The fraction of sp³-hybridized carbons (Fsp3) is 0.941. The summed E-state index contributed by atoms with van der Waals surface area (Å²) in [6.45, 7) is 13.5. The molecule has 6 heterocycles. The van der Waals surface area contributed by atoms with Gasteiger partial charge in [0.15, 0.2) is 0 Å². The number of morpholine rings is 1. The Labute approximate surface area is 261 Å². The van der Waals surface area contributed by atoms with Crippen molar-refractivity contribution in [3.63, 3.8) is 0 Å². The van der Waals surface area contributed by atoms with Gasteiger partial charge in [-0.05, 0) is 57.1 Å². The summed E-state index contributed by atoms with van der Waals surface area (Å²) in [7, 11) is 0. The van der Waals surface area contributed by atoms with Gasteiger partial charge in [0.05, 0.1) is 18.5 Å². The van der Waals surface area contributed by atoms with E-state index in [1.54, 1.807) is 0 Å².